The van der Waals surface area contributed by atoms with E-state index in [9.17, 15) is 33.7 Å². The van der Waals surface area contributed by atoms with Crippen molar-refractivity contribution in [2.45, 2.75) is 39.7 Å². The number of ketones is 1. The molecule has 2 atom stereocenters. The van der Waals surface area contributed by atoms with Crippen LogP contribution in [0.3, 0.4) is 0 Å². The van der Waals surface area contributed by atoms with Gasteiger partial charge in [0.2, 0.25) is 5.91 Å². The summed E-state index contributed by atoms with van der Waals surface area (Å²) in [7, 11) is -4.77. The third-order valence-corrected chi connectivity index (χ3v) is 9.33. The Morgan fingerprint density at radius 3 is 1.97 bits per heavy atom. The van der Waals surface area contributed by atoms with E-state index in [2.05, 4.69) is 47.1 Å². The van der Waals surface area contributed by atoms with Crippen molar-refractivity contribution >= 4 is 55.8 Å². The Labute approximate surface area is 396 Å². The third kappa shape index (κ3) is 26.5. The van der Waals surface area contributed by atoms with Crippen molar-refractivity contribution < 1.29 is 106 Å². The van der Waals surface area contributed by atoms with Gasteiger partial charge in [-0.25, -0.2) is 0 Å². The maximum Gasteiger partial charge on any atom is 1.00 e. The number of phosphoric acid groups is 1. The summed E-state index contributed by atoms with van der Waals surface area (Å²) in [5.74, 6) is -1.02. The van der Waals surface area contributed by atoms with E-state index in [1.54, 1.807) is 12.1 Å². The molecule has 0 spiro atoms. The molecule has 3 rings (SSSR count). The number of esters is 2. The molecular weight excluding hydrogens is 864 g/mol. The molecule has 0 heterocycles. The number of carbonyl (C=O) groups is 4. The zero-order valence-corrected chi connectivity index (χ0v) is 39.8. The summed E-state index contributed by atoms with van der Waals surface area (Å²) in [5, 5.41) is 12.1. The smallest absolute Gasteiger partial charge is 0.756 e. The van der Waals surface area contributed by atoms with Crippen molar-refractivity contribution in [3.05, 3.63) is 94.5 Å². The molecule has 64 heavy (non-hydrogen) atoms. The molecule has 0 aromatic heterocycles. The first-order valence-electron chi connectivity index (χ1n) is 20.3. The van der Waals surface area contributed by atoms with Crippen molar-refractivity contribution in [1.29, 1.82) is 0 Å². The Bertz CT molecular complexity index is 1960. The molecular formula is C45H57NNaO16P. The Kier molecular flexibility index (Phi) is 28.3. The van der Waals surface area contributed by atoms with E-state index in [-0.39, 0.29) is 99.4 Å². The van der Waals surface area contributed by atoms with Gasteiger partial charge in [0.1, 0.15) is 37.9 Å². The van der Waals surface area contributed by atoms with Crippen LogP contribution in [0.15, 0.2) is 66.7 Å². The van der Waals surface area contributed by atoms with Gasteiger partial charge in [-0.2, -0.15) is 0 Å². The molecule has 2 N–H and O–H groups in total. The fourth-order valence-electron chi connectivity index (χ4n) is 5.24. The molecule has 0 aliphatic carbocycles. The second-order valence-corrected chi connectivity index (χ2v) is 15.1. The first-order valence-corrected chi connectivity index (χ1v) is 21.7. The van der Waals surface area contributed by atoms with Gasteiger partial charge in [-0.15, -0.1) is 0 Å². The number of Topliss-reactive ketones (excluding diaryl/α,β-unsaturated/α-hetero) is 1. The van der Waals surface area contributed by atoms with Gasteiger partial charge in [0.05, 0.1) is 52.9 Å². The molecule has 0 saturated carbocycles. The van der Waals surface area contributed by atoms with Crippen LogP contribution in [0.4, 0.5) is 0 Å². The number of carbonyl (C=O) groups excluding carboxylic acids is 4. The summed E-state index contributed by atoms with van der Waals surface area (Å²) >= 11 is 0. The fourth-order valence-corrected chi connectivity index (χ4v) is 6.02. The number of phosphoric ester groups is 1. The zero-order chi connectivity index (χ0) is 45.7. The molecule has 0 fully saturated rings. The van der Waals surface area contributed by atoms with Crippen molar-refractivity contribution in [2.75, 3.05) is 85.8 Å². The van der Waals surface area contributed by atoms with Crippen molar-refractivity contribution in [3.63, 3.8) is 0 Å². The van der Waals surface area contributed by atoms with Crippen LogP contribution in [0.5, 0.6) is 11.5 Å². The molecule has 344 valence electrons. The predicted molar refractivity (Wildman–Crippen MR) is 231 cm³/mol. The SMILES string of the molecule is CC(=O)OCC(COP(=O)([O-])OCCCC(=O)COCCOCC(=O)NCCOCCOCCOc1ccc(/C=C/c2ccc(/C=C/c3ccc(O)cc3)cc2C)cc1)OC(C)=O.[Na+]. The number of nitrogens with one attached hydrogen (secondary N) is 1. The van der Waals surface area contributed by atoms with Crippen LogP contribution in [-0.2, 0) is 61.2 Å². The molecule has 2 unspecified atom stereocenters. The number of ether oxygens (including phenoxy) is 7. The van der Waals surface area contributed by atoms with Gasteiger partial charge in [-0.05, 0) is 65.4 Å². The molecule has 0 aliphatic heterocycles. The summed E-state index contributed by atoms with van der Waals surface area (Å²) in [6, 6.07) is 21.2. The Morgan fingerprint density at radius 2 is 1.30 bits per heavy atom. The molecule has 19 heteroatoms. The molecule has 3 aromatic rings. The number of hydrogen-bond donors (Lipinski definition) is 2. The van der Waals surface area contributed by atoms with E-state index in [1.165, 1.54) is 0 Å². The van der Waals surface area contributed by atoms with Gasteiger partial charge in [0, 0.05) is 26.8 Å². The topological polar surface area (TPSA) is 224 Å². The average Bonchev–Trinajstić information content (AvgIpc) is 3.25. The number of phenolic OH excluding ortho intramolecular Hbond substituents is 1. The van der Waals surface area contributed by atoms with Crippen LogP contribution in [0.2, 0.25) is 0 Å². The Morgan fingerprint density at radius 1 is 0.703 bits per heavy atom. The number of benzene rings is 3. The van der Waals surface area contributed by atoms with Crippen molar-refractivity contribution in [3.8, 4) is 11.5 Å². The van der Waals surface area contributed by atoms with Crippen LogP contribution in [0.25, 0.3) is 24.3 Å². The molecule has 0 saturated heterocycles. The number of rotatable bonds is 32. The summed E-state index contributed by atoms with van der Waals surface area (Å²) in [5.41, 5.74) is 5.45. The third-order valence-electron chi connectivity index (χ3n) is 8.37. The van der Waals surface area contributed by atoms with Gasteiger partial charge in [0.25, 0.3) is 7.82 Å². The minimum absolute atomic E-state index is 0. The van der Waals surface area contributed by atoms with E-state index in [4.69, 9.17) is 37.7 Å². The van der Waals surface area contributed by atoms with Crippen LogP contribution in [0, 0.1) is 6.92 Å². The average molecular weight is 922 g/mol. The minimum Gasteiger partial charge on any atom is -0.756 e. The van der Waals surface area contributed by atoms with Crippen LogP contribution < -0.4 is 44.5 Å². The summed E-state index contributed by atoms with van der Waals surface area (Å²) < 4.78 is 58.2. The summed E-state index contributed by atoms with van der Waals surface area (Å²) in [6.45, 7) is 4.76. The predicted octanol–water partition coefficient (Wildman–Crippen LogP) is 1.95. The van der Waals surface area contributed by atoms with Crippen molar-refractivity contribution in [2.24, 2.45) is 0 Å². The van der Waals surface area contributed by atoms with E-state index in [0.717, 1.165) is 47.4 Å². The minimum atomic E-state index is -4.77. The number of hydrogen-bond acceptors (Lipinski definition) is 16. The van der Waals surface area contributed by atoms with Gasteiger partial charge in [-0.1, -0.05) is 66.8 Å². The standard InChI is InChI=1S/C45H58NO16P.Na/c1-34-29-39(7-6-37-10-16-41(49)17-11-37)9-15-40(34)14-8-38-12-18-43(19-13-38)58-28-27-55-24-23-54-22-20-46-45(51)33-57-26-25-56-30-42(50)5-4-21-60-63(52,53)61-32-44(62-36(3)48)31-59-35(2)47;/h6-19,29,44,49H,4-5,20-28,30-33H2,1-3H3,(H,46,51)(H,52,53);/q;+1/p-1/b7-6+,14-8+;. The fraction of sp³-hybridized carbons (Fsp3) is 0.422. The van der Waals surface area contributed by atoms with Crippen LogP contribution in [-0.4, -0.2) is 121 Å². The summed E-state index contributed by atoms with van der Waals surface area (Å²) in [4.78, 5) is 58.0. The van der Waals surface area contributed by atoms with E-state index in [0.29, 0.717) is 33.0 Å². The summed E-state index contributed by atoms with van der Waals surface area (Å²) in [6.07, 6.45) is 7.11. The van der Waals surface area contributed by atoms with Crippen molar-refractivity contribution in [1.82, 2.24) is 5.32 Å². The second kappa shape index (κ2) is 32.4. The Balaban J connectivity index is 0.0000141. The maximum atomic E-state index is 12.0. The monoisotopic (exact) mass is 921 g/mol. The van der Waals surface area contributed by atoms with Gasteiger partial charge in [-0.3, -0.25) is 23.7 Å². The normalized spacial score (nSPS) is 12.6. The van der Waals surface area contributed by atoms with E-state index in [1.807, 2.05) is 48.6 Å². The zero-order valence-electron chi connectivity index (χ0n) is 36.9. The Hall–Kier alpha value is -4.23. The molecule has 17 nitrogen and oxygen atoms in total. The molecule has 3 aromatic carbocycles. The van der Waals surface area contributed by atoms with Gasteiger partial charge < -0.3 is 57.5 Å². The number of phenols is 1. The van der Waals surface area contributed by atoms with Gasteiger partial charge >= 0.3 is 41.5 Å². The maximum absolute atomic E-state index is 12.0. The molecule has 0 radical (unpaired) electrons. The van der Waals surface area contributed by atoms with Crippen LogP contribution >= 0.6 is 7.82 Å². The van der Waals surface area contributed by atoms with E-state index >= 15 is 0 Å². The largest absolute Gasteiger partial charge is 1.00 e. The number of aryl methyl sites for hydroxylation is 1. The molecule has 0 bridgehead atoms. The first-order chi connectivity index (χ1) is 30.3. The number of aromatic hydroxyl groups is 1. The second-order valence-electron chi connectivity index (χ2n) is 13.7. The van der Waals surface area contributed by atoms with Crippen LogP contribution in [0.1, 0.15) is 54.5 Å². The van der Waals surface area contributed by atoms with E-state index < -0.39 is 39.1 Å². The quantitative estimate of drug-likeness (QED) is 0.0300. The first kappa shape index (κ1) is 55.9. The molecule has 0 aliphatic rings. The van der Waals surface area contributed by atoms with Gasteiger partial charge in [0.15, 0.2) is 11.9 Å². The molecule has 1 amide bonds. The number of amides is 1.